The van der Waals surface area contributed by atoms with Crippen LogP contribution in [0.3, 0.4) is 0 Å². The van der Waals surface area contributed by atoms with E-state index >= 15 is 0 Å². The highest BCUT2D eigenvalue weighted by Crippen LogP contribution is 2.16. The van der Waals surface area contributed by atoms with Gasteiger partial charge in [0.2, 0.25) is 0 Å². The van der Waals surface area contributed by atoms with Gasteiger partial charge in [-0.3, -0.25) is 14.4 Å². The second-order valence-electron chi connectivity index (χ2n) is 20.9. The monoisotopic (exact) mass is 1040 g/mol. The van der Waals surface area contributed by atoms with Crippen LogP contribution < -0.4 is 0 Å². The molecule has 0 heterocycles. The summed E-state index contributed by atoms with van der Waals surface area (Å²) in [5, 5.41) is 0. The molecule has 0 radical (unpaired) electrons. The van der Waals surface area contributed by atoms with E-state index in [1.807, 2.05) is 0 Å². The van der Waals surface area contributed by atoms with Crippen LogP contribution >= 0.6 is 0 Å². The van der Waals surface area contributed by atoms with Gasteiger partial charge < -0.3 is 14.2 Å². The molecular weight excluding hydrogens is 925 g/mol. The fourth-order valence-electron chi connectivity index (χ4n) is 8.90. The number of carbonyl (C=O) groups excluding carboxylic acids is 3. The summed E-state index contributed by atoms with van der Waals surface area (Å²) in [4.78, 5) is 38.2. The molecule has 75 heavy (non-hydrogen) atoms. The largest absolute Gasteiger partial charge is 0.462 e. The Hall–Kier alpha value is -3.67. The molecule has 0 aliphatic carbocycles. The summed E-state index contributed by atoms with van der Waals surface area (Å²) in [7, 11) is 0. The fourth-order valence-corrected chi connectivity index (χ4v) is 8.90. The molecule has 430 valence electrons. The topological polar surface area (TPSA) is 78.9 Å². The van der Waals surface area contributed by atoms with E-state index < -0.39 is 6.10 Å². The molecule has 0 N–H and O–H groups in total. The van der Waals surface area contributed by atoms with E-state index in [2.05, 4.69) is 118 Å². The lowest BCUT2D eigenvalue weighted by molar-refractivity contribution is -0.167. The zero-order valence-electron chi connectivity index (χ0n) is 49.3. The number of unbranched alkanes of at least 4 members (excludes halogenated alkanes) is 30. The predicted molar refractivity (Wildman–Crippen MR) is 325 cm³/mol. The maximum absolute atomic E-state index is 12.9. The van der Waals surface area contributed by atoms with Crippen molar-refractivity contribution in [1.29, 1.82) is 0 Å². The van der Waals surface area contributed by atoms with Crippen molar-refractivity contribution in [1.82, 2.24) is 0 Å². The zero-order chi connectivity index (χ0) is 54.3. The Bertz CT molecular complexity index is 1480. The molecule has 0 aliphatic rings. The summed E-state index contributed by atoms with van der Waals surface area (Å²) in [5.41, 5.74) is 0. The third kappa shape index (κ3) is 61.1. The predicted octanol–water partition coefficient (Wildman–Crippen LogP) is 21.7. The van der Waals surface area contributed by atoms with Gasteiger partial charge in [0.15, 0.2) is 6.10 Å². The molecule has 0 aliphatic heterocycles. The third-order valence-electron chi connectivity index (χ3n) is 13.6. The Morgan fingerprint density at radius 2 is 0.520 bits per heavy atom. The van der Waals surface area contributed by atoms with Gasteiger partial charge in [0.1, 0.15) is 13.2 Å². The van der Waals surface area contributed by atoms with Gasteiger partial charge in [0, 0.05) is 19.3 Å². The lowest BCUT2D eigenvalue weighted by Gasteiger charge is -2.18. The molecule has 1 atom stereocenters. The van der Waals surface area contributed by atoms with Gasteiger partial charge in [0.05, 0.1) is 0 Å². The van der Waals surface area contributed by atoms with Crippen molar-refractivity contribution in [2.75, 3.05) is 13.2 Å². The molecular formula is C69H118O6. The molecule has 0 aromatic rings. The van der Waals surface area contributed by atoms with Crippen molar-refractivity contribution in [3.63, 3.8) is 0 Å². The van der Waals surface area contributed by atoms with Crippen molar-refractivity contribution in [2.45, 2.75) is 309 Å². The number of hydrogen-bond donors (Lipinski definition) is 0. The van der Waals surface area contributed by atoms with Crippen LogP contribution in [0.15, 0.2) is 97.2 Å². The van der Waals surface area contributed by atoms with Crippen LogP contribution in [0.25, 0.3) is 0 Å². The van der Waals surface area contributed by atoms with Gasteiger partial charge in [-0.15, -0.1) is 0 Å². The molecule has 0 aromatic carbocycles. The Kier molecular flexibility index (Phi) is 59.8. The lowest BCUT2D eigenvalue weighted by atomic mass is 10.0. The Morgan fingerprint density at radius 3 is 0.813 bits per heavy atom. The van der Waals surface area contributed by atoms with Crippen LogP contribution in [0.1, 0.15) is 303 Å². The van der Waals surface area contributed by atoms with Crippen molar-refractivity contribution < 1.29 is 28.6 Å². The number of hydrogen-bond acceptors (Lipinski definition) is 6. The van der Waals surface area contributed by atoms with E-state index in [9.17, 15) is 14.4 Å². The van der Waals surface area contributed by atoms with Crippen LogP contribution in [0.2, 0.25) is 0 Å². The SMILES string of the molecule is CC/C=C\C/C=C\C/C=C\C/C=C\C/C=C\CCCCCCCCCCCCCCCC(=O)OCC(COC(=O)CCCCCCCCCCCCCCC)OC(=O)CCCCCCC/C=C\C/C=C\C/C=C\CC. The van der Waals surface area contributed by atoms with E-state index in [-0.39, 0.29) is 31.1 Å². The smallest absolute Gasteiger partial charge is 0.306 e. The van der Waals surface area contributed by atoms with Gasteiger partial charge in [-0.1, -0.05) is 285 Å². The summed E-state index contributed by atoms with van der Waals surface area (Å²) in [5.74, 6) is -0.890. The summed E-state index contributed by atoms with van der Waals surface area (Å²) in [6.45, 7) is 6.42. The molecule has 0 fully saturated rings. The average Bonchev–Trinajstić information content (AvgIpc) is 3.41. The number of esters is 3. The molecule has 0 saturated heterocycles. The number of ether oxygens (including phenoxy) is 3. The van der Waals surface area contributed by atoms with Gasteiger partial charge in [-0.2, -0.15) is 0 Å². The van der Waals surface area contributed by atoms with Gasteiger partial charge >= 0.3 is 17.9 Å². The molecule has 6 nitrogen and oxygen atoms in total. The number of allylic oxidation sites excluding steroid dienone is 16. The van der Waals surface area contributed by atoms with Crippen molar-refractivity contribution in [3.8, 4) is 0 Å². The van der Waals surface area contributed by atoms with E-state index in [4.69, 9.17) is 14.2 Å². The summed E-state index contributed by atoms with van der Waals surface area (Å²) >= 11 is 0. The molecule has 6 heteroatoms. The van der Waals surface area contributed by atoms with Crippen LogP contribution in [0.5, 0.6) is 0 Å². The van der Waals surface area contributed by atoms with E-state index in [0.717, 1.165) is 128 Å². The maximum atomic E-state index is 12.9. The normalized spacial score (nSPS) is 12.7. The van der Waals surface area contributed by atoms with E-state index in [0.29, 0.717) is 19.3 Å². The molecule has 0 rings (SSSR count). The van der Waals surface area contributed by atoms with E-state index in [1.54, 1.807) is 0 Å². The quantitative estimate of drug-likeness (QED) is 0.0261. The van der Waals surface area contributed by atoms with Crippen LogP contribution in [-0.4, -0.2) is 37.2 Å². The van der Waals surface area contributed by atoms with Crippen molar-refractivity contribution in [2.24, 2.45) is 0 Å². The third-order valence-corrected chi connectivity index (χ3v) is 13.6. The molecule has 0 bridgehead atoms. The van der Waals surface area contributed by atoms with Gasteiger partial charge in [-0.25, -0.2) is 0 Å². The highest BCUT2D eigenvalue weighted by molar-refractivity contribution is 5.71. The Morgan fingerprint density at radius 1 is 0.280 bits per heavy atom. The number of carbonyl (C=O) groups is 3. The zero-order valence-corrected chi connectivity index (χ0v) is 49.3. The molecule has 0 amide bonds. The molecule has 0 aromatic heterocycles. The molecule has 1 unspecified atom stereocenters. The minimum absolute atomic E-state index is 0.0814. The lowest BCUT2D eigenvalue weighted by Crippen LogP contribution is -2.30. The van der Waals surface area contributed by atoms with Crippen molar-refractivity contribution in [3.05, 3.63) is 97.2 Å². The Labute approximate surface area is 464 Å². The highest BCUT2D eigenvalue weighted by Gasteiger charge is 2.19. The first-order valence-electron chi connectivity index (χ1n) is 31.7. The van der Waals surface area contributed by atoms with Crippen LogP contribution in [-0.2, 0) is 28.6 Å². The first kappa shape index (κ1) is 71.3. The highest BCUT2D eigenvalue weighted by atomic mass is 16.6. The summed E-state index contributed by atoms with van der Waals surface area (Å²) in [6, 6.07) is 0. The van der Waals surface area contributed by atoms with E-state index in [1.165, 1.54) is 135 Å². The minimum atomic E-state index is -0.785. The van der Waals surface area contributed by atoms with Gasteiger partial charge in [0.25, 0.3) is 0 Å². The second kappa shape index (κ2) is 62.9. The van der Waals surface area contributed by atoms with Gasteiger partial charge in [-0.05, 0) is 96.3 Å². The Balaban J connectivity index is 4.24. The summed E-state index contributed by atoms with van der Waals surface area (Å²) < 4.78 is 16.9. The first-order chi connectivity index (χ1) is 37.0. The maximum Gasteiger partial charge on any atom is 0.306 e. The fraction of sp³-hybridized carbons (Fsp3) is 0.725. The summed E-state index contributed by atoms with van der Waals surface area (Å²) in [6.07, 6.45) is 84.2. The second-order valence-corrected chi connectivity index (χ2v) is 20.9. The van der Waals surface area contributed by atoms with Crippen LogP contribution in [0.4, 0.5) is 0 Å². The minimum Gasteiger partial charge on any atom is -0.462 e. The molecule has 0 spiro atoms. The average molecular weight is 1040 g/mol. The van der Waals surface area contributed by atoms with Crippen molar-refractivity contribution >= 4 is 17.9 Å². The number of rotatable bonds is 57. The molecule has 0 saturated carbocycles. The first-order valence-corrected chi connectivity index (χ1v) is 31.7. The van der Waals surface area contributed by atoms with Crippen LogP contribution in [0, 0.1) is 0 Å². The standard InChI is InChI=1S/C69H118O6/c1-4-7-10-13-16-19-22-25-27-28-29-30-31-32-33-34-35-36-37-38-39-40-42-44-47-50-53-56-59-62-68(71)74-65-66(64-73-67(70)61-58-55-52-49-46-43-24-21-18-15-12-9-6-3)75-69(72)63-60-57-54-51-48-45-41-26-23-20-17-14-11-8-5-2/h7-8,10-11,16-17,19-20,25-27,29-30,32-33,41,66H,4-6,9,12-15,18,21-24,28,31,34-40,42-65H2,1-3H3/b10-7-,11-8-,19-16-,20-17-,27-25-,30-29-,33-32-,41-26-.